The van der Waals surface area contributed by atoms with Crippen molar-refractivity contribution >= 4 is 63.1 Å². The minimum Gasteiger partial charge on any atom is -0.511 e. The summed E-state index contributed by atoms with van der Waals surface area (Å²) < 4.78 is 11.1. The van der Waals surface area contributed by atoms with Gasteiger partial charge in [-0.15, -0.1) is 0 Å². The third kappa shape index (κ3) is 16.2. The number of phenols is 2. The van der Waals surface area contributed by atoms with E-state index < -0.39 is 65.5 Å². The molecule has 2 aliphatic rings. The molecule has 0 fully saturated rings. The molecule has 20 heteroatoms. The van der Waals surface area contributed by atoms with Crippen LogP contribution in [-0.2, 0) is 64.1 Å². The molecule has 7 aromatic rings. The maximum Gasteiger partial charge on any atom is 0.340 e. The van der Waals surface area contributed by atoms with Gasteiger partial charge in [-0.25, -0.2) is 4.79 Å². The number of aliphatic hydroxyl groups is 1. The number of amides is 5. The molecule has 5 aromatic carbocycles. The first-order chi connectivity index (χ1) is 42.7. The minimum absolute atomic E-state index is 0.00546. The summed E-state index contributed by atoms with van der Waals surface area (Å²) in [5.74, 6) is -5.37. The van der Waals surface area contributed by atoms with Gasteiger partial charge in [-0.1, -0.05) is 126 Å². The fourth-order valence-electron chi connectivity index (χ4n) is 11.3. The standard InChI is InChI=1S/C46H58N6O7.C23H20N2O5/c1-6-28(4)34(23-42(55)39(21-31-16-18-32(54)19-17-31)50-45(58)36(24-47)27(2)3)44(57)51-40-22-35-33-14-10-11-15-37(33)48-41(35)25-52(46(40)59)26-43(56)49-38(29(5)53)20-30-12-8-7-9-13-30;1-3-29-23(28)21-20(15-10-14-6-4-5-7-18(14)24-12-15)17-9-8-16(27)11-19(17)30-22(21)25-13(2)26/h7-19,27-28,34,36,38-40,48,53-54H,5-6,20-26,47H2,1-4H3,(H,49,56)(H,50,58)(H,51,57);4-12,20,27H,3H2,1-2H3,(H,25,26)/t28-,34-,36-,38-,39-,40-;/m0./s1. The normalized spacial score (nSPS) is 16.2. The smallest absolute Gasteiger partial charge is 0.340 e. The van der Waals surface area contributed by atoms with Crippen LogP contribution in [0.5, 0.6) is 17.2 Å². The van der Waals surface area contributed by atoms with Gasteiger partial charge in [0.2, 0.25) is 35.4 Å². The number of rotatable bonds is 23. The van der Waals surface area contributed by atoms with Crippen molar-refractivity contribution in [3.05, 3.63) is 191 Å². The highest BCUT2D eigenvalue weighted by atomic mass is 16.5. The zero-order valence-electron chi connectivity index (χ0n) is 50.9. The van der Waals surface area contributed by atoms with E-state index in [1.165, 1.54) is 36.1 Å². The highest BCUT2D eigenvalue weighted by Crippen LogP contribution is 2.45. The molecule has 0 saturated heterocycles. The van der Waals surface area contributed by atoms with Crippen LogP contribution >= 0.6 is 0 Å². The Kier molecular flexibility index (Phi) is 21.8. The molecule has 0 saturated carbocycles. The molecule has 5 amide bonds. The highest BCUT2D eigenvalue weighted by Gasteiger charge is 2.40. The third-order valence-electron chi connectivity index (χ3n) is 16.3. The van der Waals surface area contributed by atoms with Crippen LogP contribution in [-0.4, -0.2) is 109 Å². The number of ketones is 1. The van der Waals surface area contributed by atoms with E-state index in [4.69, 9.17) is 15.2 Å². The average molecular weight is 1210 g/mol. The van der Waals surface area contributed by atoms with Crippen LogP contribution < -0.4 is 31.7 Å². The molecule has 2 aliphatic heterocycles. The van der Waals surface area contributed by atoms with E-state index in [1.807, 2.05) is 113 Å². The zero-order valence-corrected chi connectivity index (χ0v) is 50.9. The number of esters is 1. The zero-order chi connectivity index (χ0) is 64.1. The first kappa shape index (κ1) is 65.2. The monoisotopic (exact) mass is 1210 g/mol. The number of aromatic nitrogens is 2. The Morgan fingerprint density at radius 1 is 0.820 bits per heavy atom. The number of benzene rings is 5. The summed E-state index contributed by atoms with van der Waals surface area (Å²) >= 11 is 0. The summed E-state index contributed by atoms with van der Waals surface area (Å²) in [7, 11) is 0. The minimum atomic E-state index is -1.07. The maximum atomic E-state index is 14.4. The number of aromatic hydroxyl groups is 2. The number of para-hydroxylation sites is 2. The average Bonchev–Trinajstić information content (AvgIpc) is 1.94. The Morgan fingerprint density at radius 2 is 1.49 bits per heavy atom. The van der Waals surface area contributed by atoms with E-state index in [0.717, 1.165) is 44.2 Å². The second-order valence-corrected chi connectivity index (χ2v) is 22.9. The number of aromatic amines is 1. The number of H-pyrrole nitrogens is 1. The second-order valence-electron chi connectivity index (χ2n) is 22.9. The SMILES string of the molecule is C=C(O)[C@H](Cc1ccccc1)NC(=O)CN1Cc2[nH]c3ccccc3c2C[C@H](NC(=O)[C@@H](CC(=O)[C@H](Cc2ccc(O)cc2)NC(=O)[C@@H](CN)C(C)C)[C@@H](C)CC)C1=O.CCOC(=O)C1=C(NC(C)=O)Oc2cc(O)ccc2C1c1cnc2ccccc2c1. The van der Waals surface area contributed by atoms with E-state index in [-0.39, 0.29) is 97.7 Å². The molecule has 0 radical (unpaired) electrons. The summed E-state index contributed by atoms with van der Waals surface area (Å²) in [5, 5.41) is 43.2. The topological polar surface area (TPSA) is 305 Å². The van der Waals surface area contributed by atoms with E-state index >= 15 is 0 Å². The molecule has 9 rings (SSSR count). The Bertz CT molecular complexity index is 3770. The molecule has 10 N–H and O–H groups in total. The van der Waals surface area contributed by atoms with Crippen molar-refractivity contribution in [2.45, 2.75) is 104 Å². The molecular weight excluding hydrogens is 1130 g/mol. The maximum absolute atomic E-state index is 14.4. The van der Waals surface area contributed by atoms with E-state index in [1.54, 1.807) is 31.3 Å². The lowest BCUT2D eigenvalue weighted by atomic mass is 9.83. The number of Topliss-reactive ketones (excluding diaryl/α,β-unsaturated/α-hetero) is 1. The van der Waals surface area contributed by atoms with Gasteiger partial charge in [0.05, 0.1) is 42.6 Å². The van der Waals surface area contributed by atoms with Crippen molar-refractivity contribution in [3.8, 4) is 17.2 Å². The van der Waals surface area contributed by atoms with Crippen LogP contribution in [0, 0.1) is 23.7 Å². The predicted molar refractivity (Wildman–Crippen MR) is 337 cm³/mol. The number of phenolic OH excluding ortho intramolecular Hbond substituents is 2. The Labute approximate surface area is 517 Å². The van der Waals surface area contributed by atoms with Crippen molar-refractivity contribution in [2.24, 2.45) is 29.4 Å². The van der Waals surface area contributed by atoms with Crippen LogP contribution in [0.15, 0.2) is 157 Å². The molecule has 0 bridgehead atoms. The van der Waals surface area contributed by atoms with Gasteiger partial charge >= 0.3 is 5.97 Å². The predicted octanol–water partition coefficient (Wildman–Crippen LogP) is 8.00. The number of fused-ring (bicyclic) bond motifs is 5. The van der Waals surface area contributed by atoms with Gasteiger partial charge in [0.1, 0.15) is 41.2 Å². The van der Waals surface area contributed by atoms with Crippen LogP contribution in [0.3, 0.4) is 0 Å². The molecule has 7 atom stereocenters. The quantitative estimate of drug-likeness (QED) is 0.0217. The van der Waals surface area contributed by atoms with Crippen molar-refractivity contribution < 1.29 is 58.4 Å². The van der Waals surface area contributed by atoms with Crippen LogP contribution in [0.1, 0.15) is 93.8 Å². The number of nitrogens with one attached hydrogen (secondary N) is 5. The van der Waals surface area contributed by atoms with E-state index in [9.17, 15) is 48.9 Å². The lowest BCUT2D eigenvalue weighted by molar-refractivity contribution is -0.141. The number of ether oxygens (including phenoxy) is 2. The van der Waals surface area contributed by atoms with E-state index in [0.29, 0.717) is 29.7 Å². The molecule has 466 valence electrons. The fourth-order valence-corrected chi connectivity index (χ4v) is 11.3. The van der Waals surface area contributed by atoms with Gasteiger partial charge < -0.3 is 56.4 Å². The Hall–Kier alpha value is -9.82. The van der Waals surface area contributed by atoms with Crippen molar-refractivity contribution in [2.75, 3.05) is 19.7 Å². The van der Waals surface area contributed by atoms with Crippen LogP contribution in [0.4, 0.5) is 0 Å². The fraction of sp³-hybridized carbons (Fsp3) is 0.333. The first-order valence-corrected chi connectivity index (χ1v) is 29.9. The number of hydrogen-bond donors (Lipinski definition) is 9. The largest absolute Gasteiger partial charge is 0.511 e. The summed E-state index contributed by atoms with van der Waals surface area (Å²) in [4.78, 5) is 104. The number of carbonyl (C=O) groups excluding carboxylic acids is 7. The van der Waals surface area contributed by atoms with Gasteiger partial charge in [-0.05, 0) is 90.3 Å². The number of carbonyl (C=O) groups is 7. The number of hydrogen-bond acceptors (Lipinski definition) is 14. The van der Waals surface area contributed by atoms with Crippen molar-refractivity contribution in [1.29, 1.82) is 0 Å². The summed E-state index contributed by atoms with van der Waals surface area (Å²) in [5.41, 5.74) is 12.3. The second kappa shape index (κ2) is 29.7. The number of pyridine rings is 1. The van der Waals surface area contributed by atoms with Gasteiger partial charge in [0.25, 0.3) is 0 Å². The van der Waals surface area contributed by atoms with E-state index in [2.05, 4.69) is 37.8 Å². The molecule has 1 unspecified atom stereocenters. The summed E-state index contributed by atoms with van der Waals surface area (Å²) in [6, 6.07) is 34.8. The summed E-state index contributed by atoms with van der Waals surface area (Å²) in [6.45, 7) is 14.2. The number of nitrogens with two attached hydrogens (primary N) is 1. The van der Waals surface area contributed by atoms with Gasteiger partial charge in [-0.2, -0.15) is 0 Å². The molecule has 2 aromatic heterocycles. The molecule has 89 heavy (non-hydrogen) atoms. The number of aliphatic hydroxyl groups excluding tert-OH is 1. The third-order valence-corrected chi connectivity index (χ3v) is 16.3. The highest BCUT2D eigenvalue weighted by molar-refractivity contribution is 5.97. The first-order valence-electron chi connectivity index (χ1n) is 29.9. The lowest BCUT2D eigenvalue weighted by Gasteiger charge is -2.29. The van der Waals surface area contributed by atoms with Crippen LogP contribution in [0.2, 0.25) is 0 Å². The van der Waals surface area contributed by atoms with Crippen molar-refractivity contribution in [3.63, 3.8) is 0 Å². The number of nitrogens with zero attached hydrogens (tertiary/aromatic N) is 2. The molecule has 4 heterocycles. The summed E-state index contributed by atoms with van der Waals surface area (Å²) in [6.07, 6.45) is 2.61. The lowest BCUT2D eigenvalue weighted by Crippen LogP contribution is -2.53. The van der Waals surface area contributed by atoms with Crippen LogP contribution in [0.25, 0.3) is 21.8 Å². The van der Waals surface area contributed by atoms with Crippen molar-refractivity contribution in [1.82, 2.24) is 36.1 Å². The molecule has 20 nitrogen and oxygen atoms in total. The Balaban J connectivity index is 0.000000284. The molecule has 0 aliphatic carbocycles. The van der Waals surface area contributed by atoms with Gasteiger partial charge in [-0.3, -0.25) is 39.1 Å². The van der Waals surface area contributed by atoms with Gasteiger partial charge in [0, 0.05) is 72.0 Å². The molecule has 0 spiro atoms. The van der Waals surface area contributed by atoms with Gasteiger partial charge in [0.15, 0.2) is 5.78 Å². The Morgan fingerprint density at radius 3 is 2.18 bits per heavy atom. The molecular formula is C69H78N8O12.